The number of amides is 2. The molecule has 1 saturated carbocycles. The van der Waals surface area contributed by atoms with Crippen molar-refractivity contribution in [3.63, 3.8) is 0 Å². The number of urea groups is 1. The number of anilines is 1. The molecule has 0 heterocycles. The molecular formula is C12H12BrF3N2O. The summed E-state index contributed by atoms with van der Waals surface area (Å²) in [6.07, 6.45) is -1.54. The van der Waals surface area contributed by atoms with Gasteiger partial charge in [0.25, 0.3) is 0 Å². The van der Waals surface area contributed by atoms with Crippen molar-refractivity contribution in [2.75, 3.05) is 5.32 Å². The normalized spacial score (nSPS) is 15.8. The van der Waals surface area contributed by atoms with E-state index in [1.54, 1.807) is 0 Å². The molecular weight excluding hydrogens is 325 g/mol. The summed E-state index contributed by atoms with van der Waals surface area (Å²) in [6, 6.07) is 2.96. The Morgan fingerprint density at radius 1 is 1.26 bits per heavy atom. The fourth-order valence-corrected chi connectivity index (χ4v) is 2.22. The molecule has 0 bridgehead atoms. The van der Waals surface area contributed by atoms with E-state index in [1.165, 1.54) is 6.07 Å². The Bertz CT molecular complexity index is 486. The summed E-state index contributed by atoms with van der Waals surface area (Å²) >= 11 is 3.00. The van der Waals surface area contributed by atoms with Crippen LogP contribution in [0.25, 0.3) is 0 Å². The van der Waals surface area contributed by atoms with E-state index in [4.69, 9.17) is 0 Å². The molecule has 0 aliphatic heterocycles. The van der Waals surface area contributed by atoms with Gasteiger partial charge in [-0.1, -0.05) is 15.9 Å². The van der Waals surface area contributed by atoms with E-state index in [1.807, 2.05) is 0 Å². The highest BCUT2D eigenvalue weighted by Gasteiger charge is 2.31. The highest BCUT2D eigenvalue weighted by atomic mass is 79.9. The lowest BCUT2D eigenvalue weighted by molar-refractivity contribution is -0.137. The highest BCUT2D eigenvalue weighted by molar-refractivity contribution is 9.10. The number of alkyl halides is 3. The number of rotatable bonds is 2. The number of carbonyl (C=O) groups excluding carboxylic acids is 1. The van der Waals surface area contributed by atoms with Gasteiger partial charge in [0.15, 0.2) is 0 Å². The summed E-state index contributed by atoms with van der Waals surface area (Å²) in [5.41, 5.74) is -0.695. The van der Waals surface area contributed by atoms with Gasteiger partial charge in [0.05, 0.1) is 5.56 Å². The summed E-state index contributed by atoms with van der Waals surface area (Å²) < 4.78 is 38.1. The zero-order valence-corrected chi connectivity index (χ0v) is 11.4. The molecule has 2 amide bonds. The van der Waals surface area contributed by atoms with Gasteiger partial charge in [0, 0.05) is 16.2 Å². The lowest BCUT2D eigenvalue weighted by atomic mass is 9.93. The molecule has 2 rings (SSSR count). The fraction of sp³-hybridized carbons (Fsp3) is 0.417. The molecule has 2 N–H and O–H groups in total. The molecule has 19 heavy (non-hydrogen) atoms. The smallest absolute Gasteiger partial charge is 0.335 e. The van der Waals surface area contributed by atoms with Crippen molar-refractivity contribution < 1.29 is 18.0 Å². The Labute approximate surface area is 116 Å². The van der Waals surface area contributed by atoms with Gasteiger partial charge in [-0.2, -0.15) is 13.2 Å². The zero-order chi connectivity index (χ0) is 14.0. The average molecular weight is 337 g/mol. The Balaban J connectivity index is 2.06. The van der Waals surface area contributed by atoms with Crippen LogP contribution in [0.3, 0.4) is 0 Å². The lowest BCUT2D eigenvalue weighted by Crippen LogP contribution is -2.41. The Morgan fingerprint density at radius 3 is 2.47 bits per heavy atom. The van der Waals surface area contributed by atoms with Gasteiger partial charge in [-0.15, -0.1) is 0 Å². The molecule has 7 heteroatoms. The molecule has 1 aliphatic carbocycles. The van der Waals surface area contributed by atoms with Crippen LogP contribution in [0.2, 0.25) is 0 Å². The summed E-state index contributed by atoms with van der Waals surface area (Å²) in [5, 5.41) is 5.11. The summed E-state index contributed by atoms with van der Waals surface area (Å²) in [4.78, 5) is 11.6. The van der Waals surface area contributed by atoms with Crippen LogP contribution in [0.15, 0.2) is 22.7 Å². The van der Waals surface area contributed by atoms with Crippen LogP contribution in [0.1, 0.15) is 24.8 Å². The van der Waals surface area contributed by atoms with Gasteiger partial charge in [-0.25, -0.2) is 4.79 Å². The monoisotopic (exact) mass is 336 g/mol. The predicted molar refractivity (Wildman–Crippen MR) is 68.9 cm³/mol. The van der Waals surface area contributed by atoms with Crippen LogP contribution in [0, 0.1) is 0 Å². The third kappa shape index (κ3) is 3.86. The van der Waals surface area contributed by atoms with Crippen LogP contribution in [-0.2, 0) is 6.18 Å². The standard InChI is InChI=1S/C12H12BrF3N2O/c13-8-4-7(12(14,15)16)5-10(6-8)18-11(19)17-9-2-1-3-9/h4-6,9H,1-3H2,(H2,17,18,19). The molecule has 1 fully saturated rings. The van der Waals surface area contributed by atoms with E-state index in [0.717, 1.165) is 31.4 Å². The second kappa shape index (κ2) is 5.40. The molecule has 104 valence electrons. The molecule has 0 unspecified atom stereocenters. The topological polar surface area (TPSA) is 41.1 Å². The third-order valence-corrected chi connectivity index (χ3v) is 3.38. The van der Waals surface area contributed by atoms with Crippen LogP contribution in [-0.4, -0.2) is 12.1 Å². The molecule has 0 radical (unpaired) electrons. The highest BCUT2D eigenvalue weighted by Crippen LogP contribution is 2.33. The van der Waals surface area contributed by atoms with Crippen molar-refractivity contribution in [2.45, 2.75) is 31.5 Å². The molecule has 0 spiro atoms. The molecule has 0 atom stereocenters. The van der Waals surface area contributed by atoms with E-state index < -0.39 is 17.8 Å². The second-order valence-corrected chi connectivity index (χ2v) is 5.37. The van der Waals surface area contributed by atoms with Gasteiger partial charge in [0.1, 0.15) is 0 Å². The third-order valence-electron chi connectivity index (χ3n) is 2.92. The minimum absolute atomic E-state index is 0.110. The first-order valence-corrected chi connectivity index (χ1v) is 6.59. The van der Waals surface area contributed by atoms with Crippen LogP contribution < -0.4 is 10.6 Å². The van der Waals surface area contributed by atoms with Gasteiger partial charge in [-0.3, -0.25) is 0 Å². The number of benzene rings is 1. The van der Waals surface area contributed by atoms with Crippen molar-refractivity contribution in [1.29, 1.82) is 0 Å². The number of carbonyl (C=O) groups is 1. The summed E-state index contributed by atoms with van der Waals surface area (Å²) in [7, 11) is 0. The van der Waals surface area contributed by atoms with Gasteiger partial charge < -0.3 is 10.6 Å². The van der Waals surface area contributed by atoms with E-state index in [9.17, 15) is 18.0 Å². The zero-order valence-electron chi connectivity index (χ0n) is 9.85. The van der Waals surface area contributed by atoms with Gasteiger partial charge >= 0.3 is 12.2 Å². The maximum atomic E-state index is 12.6. The minimum atomic E-state index is -4.44. The SMILES string of the molecule is O=C(Nc1cc(Br)cc(C(F)(F)F)c1)NC1CCC1. The van der Waals surface area contributed by atoms with Crippen molar-refractivity contribution in [3.8, 4) is 0 Å². The van der Waals surface area contributed by atoms with E-state index in [0.29, 0.717) is 0 Å². The first kappa shape index (κ1) is 14.2. The maximum absolute atomic E-state index is 12.6. The molecule has 0 saturated heterocycles. The summed E-state index contributed by atoms with van der Waals surface area (Å²) in [5.74, 6) is 0. The largest absolute Gasteiger partial charge is 0.416 e. The van der Waals surface area contributed by atoms with Gasteiger partial charge in [0.2, 0.25) is 0 Å². The van der Waals surface area contributed by atoms with Crippen molar-refractivity contribution in [2.24, 2.45) is 0 Å². The van der Waals surface area contributed by atoms with Crippen LogP contribution >= 0.6 is 15.9 Å². The fourth-order valence-electron chi connectivity index (χ4n) is 1.73. The quantitative estimate of drug-likeness (QED) is 0.837. The second-order valence-electron chi connectivity index (χ2n) is 4.45. The number of halogens is 4. The molecule has 1 aliphatic rings. The number of hydrogen-bond donors (Lipinski definition) is 2. The first-order chi connectivity index (χ1) is 8.84. The van der Waals surface area contributed by atoms with Crippen molar-refractivity contribution in [1.82, 2.24) is 5.32 Å². The lowest BCUT2D eigenvalue weighted by Gasteiger charge is -2.26. The Kier molecular flexibility index (Phi) is 4.03. The Morgan fingerprint density at radius 2 is 1.95 bits per heavy atom. The van der Waals surface area contributed by atoms with Crippen molar-refractivity contribution >= 4 is 27.6 Å². The van der Waals surface area contributed by atoms with E-state index >= 15 is 0 Å². The average Bonchev–Trinajstić information content (AvgIpc) is 2.21. The molecule has 1 aromatic rings. The molecule has 1 aromatic carbocycles. The van der Waals surface area contributed by atoms with Crippen molar-refractivity contribution in [3.05, 3.63) is 28.2 Å². The number of nitrogens with one attached hydrogen (secondary N) is 2. The molecule has 3 nitrogen and oxygen atoms in total. The van der Waals surface area contributed by atoms with Gasteiger partial charge in [-0.05, 0) is 37.5 Å². The van der Waals surface area contributed by atoms with Crippen LogP contribution in [0.4, 0.5) is 23.7 Å². The van der Waals surface area contributed by atoms with E-state index in [2.05, 4.69) is 26.6 Å². The number of hydrogen-bond acceptors (Lipinski definition) is 1. The molecule has 0 aromatic heterocycles. The van der Waals surface area contributed by atoms with Crippen LogP contribution in [0.5, 0.6) is 0 Å². The maximum Gasteiger partial charge on any atom is 0.416 e. The Hall–Kier alpha value is -1.24. The summed E-state index contributed by atoms with van der Waals surface area (Å²) in [6.45, 7) is 0. The minimum Gasteiger partial charge on any atom is -0.335 e. The predicted octanol–water partition coefficient (Wildman–Crippen LogP) is 4.14. The van der Waals surface area contributed by atoms with E-state index in [-0.39, 0.29) is 16.2 Å². The first-order valence-electron chi connectivity index (χ1n) is 5.80.